The van der Waals surface area contributed by atoms with Crippen LogP contribution >= 0.6 is 0 Å². The van der Waals surface area contributed by atoms with E-state index >= 15 is 0 Å². The summed E-state index contributed by atoms with van der Waals surface area (Å²) in [5.41, 5.74) is -0.00468. The van der Waals surface area contributed by atoms with Crippen LogP contribution in [-0.4, -0.2) is 44.7 Å². The van der Waals surface area contributed by atoms with Crippen molar-refractivity contribution >= 4 is 22.7 Å². The van der Waals surface area contributed by atoms with Crippen molar-refractivity contribution in [3.05, 3.63) is 40.2 Å². The zero-order chi connectivity index (χ0) is 22.2. The van der Waals surface area contributed by atoms with Gasteiger partial charge in [0.25, 0.3) is 11.6 Å². The SMILES string of the molecule is CC(C)(C)OC(=O)N1CCC(Cc2noc(-c3cc4cc([N+](=O)[O-])ccc4o3)n2)CC1. The molecule has 1 aliphatic rings. The molecule has 1 aromatic carbocycles. The number of benzene rings is 1. The van der Waals surface area contributed by atoms with E-state index in [4.69, 9.17) is 13.7 Å². The molecule has 1 amide bonds. The van der Waals surface area contributed by atoms with Gasteiger partial charge in [-0.1, -0.05) is 5.16 Å². The van der Waals surface area contributed by atoms with E-state index in [2.05, 4.69) is 10.1 Å². The fraction of sp³-hybridized carbons (Fsp3) is 0.476. The second kappa shape index (κ2) is 8.01. The number of ether oxygens (including phenoxy) is 1. The molecule has 164 valence electrons. The van der Waals surface area contributed by atoms with E-state index in [0.717, 1.165) is 12.8 Å². The van der Waals surface area contributed by atoms with Gasteiger partial charge in [0.1, 0.15) is 11.2 Å². The molecule has 10 nitrogen and oxygen atoms in total. The summed E-state index contributed by atoms with van der Waals surface area (Å²) in [6.45, 7) is 6.83. The lowest BCUT2D eigenvalue weighted by atomic mass is 9.93. The third kappa shape index (κ3) is 4.84. The molecular formula is C21H24N4O6. The lowest BCUT2D eigenvalue weighted by Gasteiger charge is -2.33. The zero-order valence-corrected chi connectivity index (χ0v) is 17.7. The standard InChI is InChI=1S/C21H24N4O6/c1-21(2,3)30-20(26)24-8-6-13(7-9-24)10-18-22-19(31-23-18)17-12-14-11-15(25(27)28)4-5-16(14)29-17/h4-5,11-13H,6-10H2,1-3H3. The van der Waals surface area contributed by atoms with Crippen molar-refractivity contribution in [2.45, 2.75) is 45.6 Å². The molecule has 1 aliphatic heterocycles. The van der Waals surface area contributed by atoms with E-state index in [9.17, 15) is 14.9 Å². The highest BCUT2D eigenvalue weighted by Gasteiger charge is 2.28. The Morgan fingerprint density at radius 1 is 1.29 bits per heavy atom. The molecule has 0 bridgehead atoms. The van der Waals surface area contributed by atoms with Gasteiger partial charge >= 0.3 is 6.09 Å². The van der Waals surface area contributed by atoms with Crippen molar-refractivity contribution in [3.63, 3.8) is 0 Å². The highest BCUT2D eigenvalue weighted by molar-refractivity contribution is 5.83. The molecule has 2 aromatic heterocycles. The molecule has 0 radical (unpaired) electrons. The smallest absolute Gasteiger partial charge is 0.410 e. The number of amides is 1. The van der Waals surface area contributed by atoms with Gasteiger partial charge in [0.05, 0.1) is 4.92 Å². The molecule has 1 fully saturated rings. The van der Waals surface area contributed by atoms with Crippen molar-refractivity contribution in [2.24, 2.45) is 5.92 Å². The highest BCUT2D eigenvalue weighted by atomic mass is 16.6. The lowest BCUT2D eigenvalue weighted by Crippen LogP contribution is -2.42. The maximum atomic E-state index is 12.2. The van der Waals surface area contributed by atoms with Crippen LogP contribution in [0.3, 0.4) is 0 Å². The molecule has 0 unspecified atom stereocenters. The first-order chi connectivity index (χ1) is 14.7. The quantitative estimate of drug-likeness (QED) is 0.437. The summed E-state index contributed by atoms with van der Waals surface area (Å²) in [5, 5.41) is 15.6. The maximum Gasteiger partial charge on any atom is 0.410 e. The predicted octanol–water partition coefficient (Wildman–Crippen LogP) is 4.58. The van der Waals surface area contributed by atoms with Crippen LogP contribution in [0.25, 0.3) is 22.6 Å². The second-order valence-corrected chi connectivity index (χ2v) is 8.72. The van der Waals surface area contributed by atoms with E-state index in [1.807, 2.05) is 20.8 Å². The molecule has 0 atom stereocenters. The first-order valence-electron chi connectivity index (χ1n) is 10.2. The fourth-order valence-corrected chi connectivity index (χ4v) is 3.59. The van der Waals surface area contributed by atoms with Crippen molar-refractivity contribution in [1.29, 1.82) is 0 Å². The number of nitro benzene ring substituents is 1. The van der Waals surface area contributed by atoms with Crippen LogP contribution in [-0.2, 0) is 11.2 Å². The summed E-state index contributed by atoms with van der Waals surface area (Å²) in [5.74, 6) is 1.51. The number of rotatable bonds is 4. The molecule has 3 heterocycles. The molecule has 1 saturated heterocycles. The van der Waals surface area contributed by atoms with Gasteiger partial charge in [-0.15, -0.1) is 0 Å². The van der Waals surface area contributed by atoms with Gasteiger partial charge in [0.15, 0.2) is 11.6 Å². The predicted molar refractivity (Wildman–Crippen MR) is 110 cm³/mol. The average Bonchev–Trinajstić information content (AvgIpc) is 3.33. The Hall–Kier alpha value is -3.43. The number of non-ortho nitro benzene ring substituents is 1. The molecule has 4 rings (SSSR count). The number of fused-ring (bicyclic) bond motifs is 1. The second-order valence-electron chi connectivity index (χ2n) is 8.72. The number of hydrogen-bond donors (Lipinski definition) is 0. The minimum absolute atomic E-state index is 0.0104. The maximum absolute atomic E-state index is 12.2. The van der Waals surface area contributed by atoms with Crippen LogP contribution < -0.4 is 0 Å². The number of hydrogen-bond acceptors (Lipinski definition) is 8. The largest absolute Gasteiger partial charge is 0.451 e. The Balaban J connectivity index is 1.37. The number of carbonyl (C=O) groups excluding carboxylic acids is 1. The number of likely N-dealkylation sites (tertiary alicyclic amines) is 1. The highest BCUT2D eigenvalue weighted by Crippen LogP contribution is 2.30. The Morgan fingerprint density at radius 3 is 2.71 bits per heavy atom. The van der Waals surface area contributed by atoms with E-state index in [1.165, 1.54) is 12.1 Å². The third-order valence-electron chi connectivity index (χ3n) is 5.13. The zero-order valence-electron chi connectivity index (χ0n) is 17.7. The number of nitrogens with zero attached hydrogens (tertiary/aromatic N) is 4. The summed E-state index contributed by atoms with van der Waals surface area (Å²) in [6.07, 6.45) is 2.02. The van der Waals surface area contributed by atoms with Gasteiger partial charge < -0.3 is 18.6 Å². The van der Waals surface area contributed by atoms with E-state index in [0.29, 0.717) is 48.0 Å². The van der Waals surface area contributed by atoms with Crippen LogP contribution in [0.15, 0.2) is 33.2 Å². The van der Waals surface area contributed by atoms with Gasteiger partial charge in [-0.2, -0.15) is 4.98 Å². The van der Waals surface area contributed by atoms with Crippen LogP contribution in [0.5, 0.6) is 0 Å². The van der Waals surface area contributed by atoms with Crippen molar-refractivity contribution in [1.82, 2.24) is 15.0 Å². The summed E-state index contributed by atoms with van der Waals surface area (Å²) in [6, 6.07) is 6.03. The fourth-order valence-electron chi connectivity index (χ4n) is 3.59. The number of nitro groups is 1. The Labute approximate surface area is 178 Å². The van der Waals surface area contributed by atoms with Crippen LogP contribution in [0.4, 0.5) is 10.5 Å². The summed E-state index contributed by atoms with van der Waals surface area (Å²) in [4.78, 5) is 28.8. The lowest BCUT2D eigenvalue weighted by molar-refractivity contribution is -0.384. The van der Waals surface area contributed by atoms with Gasteiger partial charge in [-0.3, -0.25) is 10.1 Å². The van der Waals surface area contributed by atoms with Crippen LogP contribution in [0.2, 0.25) is 0 Å². The molecular weight excluding hydrogens is 404 g/mol. The summed E-state index contributed by atoms with van der Waals surface area (Å²) >= 11 is 0. The topological polar surface area (TPSA) is 125 Å². The van der Waals surface area contributed by atoms with Crippen LogP contribution in [0, 0.1) is 16.0 Å². The molecule has 0 aliphatic carbocycles. The number of carbonyl (C=O) groups is 1. The minimum atomic E-state index is -0.503. The molecule has 10 heteroatoms. The Bertz CT molecular complexity index is 1100. The average molecular weight is 428 g/mol. The van der Waals surface area contributed by atoms with Crippen molar-refractivity contribution in [3.8, 4) is 11.7 Å². The molecule has 3 aromatic rings. The Morgan fingerprint density at radius 2 is 2.03 bits per heavy atom. The number of piperidine rings is 1. The molecule has 0 saturated carbocycles. The normalized spacial score (nSPS) is 15.4. The first kappa shape index (κ1) is 20.8. The van der Waals surface area contributed by atoms with Crippen molar-refractivity contribution in [2.75, 3.05) is 13.1 Å². The Kier molecular flexibility index (Phi) is 5.38. The third-order valence-corrected chi connectivity index (χ3v) is 5.13. The van der Waals surface area contributed by atoms with Gasteiger partial charge in [0.2, 0.25) is 0 Å². The summed E-state index contributed by atoms with van der Waals surface area (Å²) < 4.78 is 16.5. The molecule has 31 heavy (non-hydrogen) atoms. The van der Waals surface area contributed by atoms with Gasteiger partial charge in [-0.05, 0) is 51.7 Å². The van der Waals surface area contributed by atoms with E-state index in [1.54, 1.807) is 17.0 Å². The summed E-state index contributed by atoms with van der Waals surface area (Å²) in [7, 11) is 0. The minimum Gasteiger partial charge on any atom is -0.451 e. The van der Waals surface area contributed by atoms with Gasteiger partial charge in [0, 0.05) is 37.0 Å². The van der Waals surface area contributed by atoms with E-state index < -0.39 is 10.5 Å². The first-order valence-corrected chi connectivity index (χ1v) is 10.2. The molecule has 0 N–H and O–H groups in total. The number of furan rings is 1. The monoisotopic (exact) mass is 428 g/mol. The van der Waals surface area contributed by atoms with Crippen LogP contribution in [0.1, 0.15) is 39.4 Å². The van der Waals surface area contributed by atoms with Gasteiger partial charge in [-0.25, -0.2) is 4.79 Å². The van der Waals surface area contributed by atoms with Crippen molar-refractivity contribution < 1.29 is 23.4 Å². The van der Waals surface area contributed by atoms with E-state index in [-0.39, 0.29) is 17.7 Å². The molecule has 0 spiro atoms. The number of aromatic nitrogens is 2.